The molecule has 0 aliphatic carbocycles. The molecule has 1 fully saturated rings. The molecule has 1 aromatic rings. The molecule has 0 radical (unpaired) electrons. The molecule has 4 heteroatoms. The number of phenolic OH excluding ortho intramolecular Hbond substituents is 2. The molecule has 0 bridgehead atoms. The summed E-state index contributed by atoms with van der Waals surface area (Å²) in [6.07, 6.45) is 2.27. The maximum absolute atomic E-state index is 9.74. The Kier molecular flexibility index (Phi) is 4.66. The largest absolute Gasteiger partial charge is 0.504 e. The fraction of sp³-hybridized carbons (Fsp3) is 0.600. The monoisotopic (exact) mass is 264 g/mol. The Bertz CT molecular complexity index is 413. The Morgan fingerprint density at radius 2 is 1.95 bits per heavy atom. The number of phenols is 2. The first-order valence-electron chi connectivity index (χ1n) is 7.05. The zero-order valence-corrected chi connectivity index (χ0v) is 11.8. The first-order valence-corrected chi connectivity index (χ1v) is 7.05. The summed E-state index contributed by atoms with van der Waals surface area (Å²) in [5.74, 6) is -0.0523. The summed E-state index contributed by atoms with van der Waals surface area (Å²) < 4.78 is 0. The Labute approximate surface area is 115 Å². The van der Waals surface area contributed by atoms with E-state index in [1.54, 1.807) is 6.07 Å². The van der Waals surface area contributed by atoms with Gasteiger partial charge in [-0.2, -0.15) is 0 Å². The third-order valence-corrected chi connectivity index (χ3v) is 3.94. The van der Waals surface area contributed by atoms with Crippen molar-refractivity contribution in [2.24, 2.45) is 0 Å². The topological polar surface area (TPSA) is 55.7 Å². The number of nitrogens with one attached hydrogen (secondary N) is 1. The molecule has 0 unspecified atom stereocenters. The lowest BCUT2D eigenvalue weighted by molar-refractivity contribution is 0.160. The number of para-hydroxylation sites is 1. The van der Waals surface area contributed by atoms with Gasteiger partial charge >= 0.3 is 0 Å². The van der Waals surface area contributed by atoms with Crippen molar-refractivity contribution in [2.75, 3.05) is 13.1 Å². The quantitative estimate of drug-likeness (QED) is 0.729. The van der Waals surface area contributed by atoms with Crippen molar-refractivity contribution in [3.8, 4) is 11.5 Å². The molecule has 0 atom stereocenters. The number of benzene rings is 1. The van der Waals surface area contributed by atoms with Gasteiger partial charge < -0.3 is 20.4 Å². The summed E-state index contributed by atoms with van der Waals surface area (Å²) in [7, 11) is 0. The van der Waals surface area contributed by atoms with Crippen molar-refractivity contribution in [2.45, 2.75) is 45.3 Å². The molecular weight excluding hydrogens is 240 g/mol. The highest BCUT2D eigenvalue weighted by atomic mass is 16.3. The van der Waals surface area contributed by atoms with Gasteiger partial charge in [0.1, 0.15) is 0 Å². The summed E-state index contributed by atoms with van der Waals surface area (Å²) in [6, 6.07) is 6.21. The first-order chi connectivity index (χ1) is 9.08. The van der Waals surface area contributed by atoms with Crippen LogP contribution in [0.25, 0.3) is 0 Å². The van der Waals surface area contributed by atoms with Crippen molar-refractivity contribution >= 4 is 0 Å². The third kappa shape index (κ3) is 3.61. The molecule has 0 spiro atoms. The van der Waals surface area contributed by atoms with Crippen LogP contribution in [0, 0.1) is 0 Å². The van der Waals surface area contributed by atoms with Crippen molar-refractivity contribution < 1.29 is 10.2 Å². The van der Waals surface area contributed by atoms with Gasteiger partial charge in [0.2, 0.25) is 0 Å². The van der Waals surface area contributed by atoms with Crippen LogP contribution < -0.4 is 5.32 Å². The normalized spacial score (nSPS) is 18.1. The molecule has 1 aliphatic heterocycles. The summed E-state index contributed by atoms with van der Waals surface area (Å²) in [6.45, 7) is 7.33. The number of nitrogens with zero attached hydrogens (tertiary/aromatic N) is 1. The standard InChI is InChI=1S/C15H24N2O2/c1-11(2)17-8-6-13(7-9-17)16-10-12-4-3-5-14(18)15(12)19/h3-5,11,13,16,18-19H,6-10H2,1-2H3. The summed E-state index contributed by atoms with van der Waals surface area (Å²) >= 11 is 0. The lowest BCUT2D eigenvalue weighted by Gasteiger charge is -2.35. The van der Waals surface area contributed by atoms with E-state index in [-0.39, 0.29) is 11.5 Å². The summed E-state index contributed by atoms with van der Waals surface area (Å²) in [5, 5.41) is 22.7. The van der Waals surface area contributed by atoms with Gasteiger partial charge in [-0.25, -0.2) is 0 Å². The first kappa shape index (κ1) is 14.2. The smallest absolute Gasteiger partial charge is 0.161 e. The maximum atomic E-state index is 9.74. The molecule has 0 amide bonds. The number of aromatic hydroxyl groups is 2. The highest BCUT2D eigenvalue weighted by molar-refractivity contribution is 5.44. The molecule has 0 aromatic heterocycles. The molecule has 4 nitrogen and oxygen atoms in total. The van der Waals surface area contributed by atoms with E-state index in [9.17, 15) is 10.2 Å². The van der Waals surface area contributed by atoms with Crippen molar-refractivity contribution in [1.82, 2.24) is 10.2 Å². The second kappa shape index (κ2) is 6.26. The zero-order chi connectivity index (χ0) is 13.8. The number of rotatable bonds is 4. The van der Waals surface area contributed by atoms with E-state index in [0.29, 0.717) is 18.6 Å². The van der Waals surface area contributed by atoms with Gasteiger partial charge in [-0.05, 0) is 45.8 Å². The molecule has 1 aliphatic rings. The van der Waals surface area contributed by atoms with E-state index in [2.05, 4.69) is 24.1 Å². The molecule has 19 heavy (non-hydrogen) atoms. The third-order valence-electron chi connectivity index (χ3n) is 3.94. The lowest BCUT2D eigenvalue weighted by Crippen LogP contribution is -2.44. The van der Waals surface area contributed by atoms with Gasteiger partial charge in [0.25, 0.3) is 0 Å². The molecule has 106 valence electrons. The van der Waals surface area contributed by atoms with Gasteiger partial charge in [-0.1, -0.05) is 12.1 Å². The Hall–Kier alpha value is -1.26. The number of hydrogen-bond acceptors (Lipinski definition) is 4. The van der Waals surface area contributed by atoms with E-state index in [1.807, 2.05) is 6.07 Å². The summed E-state index contributed by atoms with van der Waals surface area (Å²) in [5.41, 5.74) is 0.756. The van der Waals surface area contributed by atoms with Crippen LogP contribution in [0.2, 0.25) is 0 Å². The van der Waals surface area contributed by atoms with Gasteiger partial charge in [0.15, 0.2) is 11.5 Å². The predicted molar refractivity (Wildman–Crippen MR) is 76.3 cm³/mol. The van der Waals surface area contributed by atoms with E-state index in [4.69, 9.17) is 0 Å². The van der Waals surface area contributed by atoms with E-state index >= 15 is 0 Å². The summed E-state index contributed by atoms with van der Waals surface area (Å²) in [4.78, 5) is 2.49. The van der Waals surface area contributed by atoms with Crippen LogP contribution in [0.1, 0.15) is 32.3 Å². The van der Waals surface area contributed by atoms with Crippen LogP contribution in [0.15, 0.2) is 18.2 Å². The zero-order valence-electron chi connectivity index (χ0n) is 11.8. The number of hydrogen-bond donors (Lipinski definition) is 3. The fourth-order valence-electron chi connectivity index (χ4n) is 2.59. The Morgan fingerprint density at radius 3 is 2.58 bits per heavy atom. The van der Waals surface area contributed by atoms with Crippen LogP contribution >= 0.6 is 0 Å². The van der Waals surface area contributed by atoms with Gasteiger partial charge in [-0.15, -0.1) is 0 Å². The Morgan fingerprint density at radius 1 is 1.26 bits per heavy atom. The number of likely N-dealkylation sites (tertiary alicyclic amines) is 1. The van der Waals surface area contributed by atoms with Crippen LogP contribution in [-0.2, 0) is 6.54 Å². The molecule has 1 heterocycles. The van der Waals surface area contributed by atoms with Crippen LogP contribution in [0.3, 0.4) is 0 Å². The maximum Gasteiger partial charge on any atom is 0.161 e. The van der Waals surface area contributed by atoms with E-state index < -0.39 is 0 Å². The van der Waals surface area contributed by atoms with E-state index in [1.165, 1.54) is 6.07 Å². The van der Waals surface area contributed by atoms with Crippen LogP contribution in [0.5, 0.6) is 11.5 Å². The highest BCUT2D eigenvalue weighted by Gasteiger charge is 2.20. The van der Waals surface area contributed by atoms with Gasteiger partial charge in [0.05, 0.1) is 0 Å². The average Bonchev–Trinajstić information content (AvgIpc) is 2.41. The van der Waals surface area contributed by atoms with Crippen LogP contribution in [-0.4, -0.2) is 40.3 Å². The minimum Gasteiger partial charge on any atom is -0.504 e. The second-order valence-corrected chi connectivity index (χ2v) is 5.57. The SMILES string of the molecule is CC(C)N1CCC(NCc2cccc(O)c2O)CC1. The highest BCUT2D eigenvalue weighted by Crippen LogP contribution is 2.28. The molecule has 3 N–H and O–H groups in total. The van der Waals surface area contributed by atoms with Crippen molar-refractivity contribution in [1.29, 1.82) is 0 Å². The van der Waals surface area contributed by atoms with Gasteiger partial charge in [0, 0.05) is 24.2 Å². The number of piperidine rings is 1. The average molecular weight is 264 g/mol. The minimum atomic E-state index is -0.0473. The van der Waals surface area contributed by atoms with Crippen LogP contribution in [0.4, 0.5) is 0 Å². The minimum absolute atomic E-state index is 0.00498. The lowest BCUT2D eigenvalue weighted by atomic mass is 10.0. The molecule has 2 rings (SSSR count). The molecule has 1 saturated heterocycles. The molecule has 0 saturated carbocycles. The van der Waals surface area contributed by atoms with E-state index in [0.717, 1.165) is 31.5 Å². The molecular formula is C15H24N2O2. The fourth-order valence-corrected chi connectivity index (χ4v) is 2.59. The van der Waals surface area contributed by atoms with Gasteiger partial charge in [-0.3, -0.25) is 0 Å². The molecule has 1 aromatic carbocycles. The predicted octanol–water partition coefficient (Wildman–Crippen LogP) is 2.06. The second-order valence-electron chi connectivity index (χ2n) is 5.57. The van der Waals surface area contributed by atoms with Crippen molar-refractivity contribution in [3.63, 3.8) is 0 Å². The van der Waals surface area contributed by atoms with Crippen molar-refractivity contribution in [3.05, 3.63) is 23.8 Å². The Balaban J connectivity index is 1.82.